The van der Waals surface area contributed by atoms with E-state index in [1.165, 1.54) is 12.8 Å². The second-order valence-corrected chi connectivity index (χ2v) is 7.07. The first-order chi connectivity index (χ1) is 11.1. The van der Waals surface area contributed by atoms with Crippen LogP contribution in [-0.4, -0.2) is 59.9 Å². The summed E-state index contributed by atoms with van der Waals surface area (Å²) in [5.74, 6) is 1.12. The first kappa shape index (κ1) is 21.2. The first-order valence-corrected chi connectivity index (χ1v) is 9.34. The van der Waals surface area contributed by atoms with Crippen LogP contribution < -0.4 is 5.32 Å². The van der Waals surface area contributed by atoms with E-state index in [2.05, 4.69) is 24.1 Å². The van der Waals surface area contributed by atoms with E-state index in [1.54, 1.807) is 6.92 Å². The summed E-state index contributed by atoms with van der Waals surface area (Å²) in [6.45, 7) is 9.44. The Morgan fingerprint density at radius 2 is 1.54 bits per heavy atom. The molecule has 2 saturated heterocycles. The summed E-state index contributed by atoms with van der Waals surface area (Å²) in [5, 5.41) is 3.38. The summed E-state index contributed by atoms with van der Waals surface area (Å²) in [6, 6.07) is 0.361. The minimum Gasteiger partial charge on any atom is -0.336 e. The predicted molar refractivity (Wildman–Crippen MR) is 99.3 cm³/mol. The van der Waals surface area contributed by atoms with E-state index < -0.39 is 0 Å². The number of nitrogens with zero attached hydrogens (tertiary/aromatic N) is 2. The Bertz CT molecular complexity index is 413. The smallest absolute Gasteiger partial charge is 0.222 e. The van der Waals surface area contributed by atoms with Crippen LogP contribution in [0.4, 0.5) is 0 Å². The van der Waals surface area contributed by atoms with Crippen molar-refractivity contribution in [1.82, 2.24) is 15.1 Å². The number of hydrogen-bond donors (Lipinski definition) is 1. The molecule has 0 bridgehead atoms. The van der Waals surface area contributed by atoms with Crippen molar-refractivity contribution in [3.8, 4) is 0 Å². The summed E-state index contributed by atoms with van der Waals surface area (Å²) in [4.78, 5) is 28.6. The van der Waals surface area contributed by atoms with E-state index in [4.69, 9.17) is 0 Å². The van der Waals surface area contributed by atoms with Crippen LogP contribution in [0.15, 0.2) is 0 Å². The van der Waals surface area contributed by atoms with E-state index >= 15 is 0 Å². The molecule has 2 unspecified atom stereocenters. The molecule has 5 nitrogen and oxygen atoms in total. The molecular weight excluding hydrogens is 326 g/mol. The Kier molecular flexibility index (Phi) is 9.06. The van der Waals surface area contributed by atoms with Gasteiger partial charge in [0.05, 0.1) is 0 Å². The van der Waals surface area contributed by atoms with E-state index in [9.17, 15) is 9.59 Å². The number of piperazine rings is 1. The lowest BCUT2D eigenvalue weighted by atomic mass is 9.92. The molecule has 2 fully saturated rings. The third-order valence-electron chi connectivity index (χ3n) is 5.59. The molecule has 140 valence electrons. The highest BCUT2D eigenvalue weighted by Gasteiger charge is 2.35. The maximum Gasteiger partial charge on any atom is 0.222 e. The van der Waals surface area contributed by atoms with Crippen LogP contribution in [0.2, 0.25) is 0 Å². The van der Waals surface area contributed by atoms with Crippen LogP contribution in [-0.2, 0) is 9.59 Å². The molecule has 2 amide bonds. The number of piperidine rings is 1. The Balaban J connectivity index is 0.00000288. The van der Waals surface area contributed by atoms with Crippen molar-refractivity contribution in [3.63, 3.8) is 0 Å². The SMILES string of the molecule is CCC1CN(C(=O)CCC2CCNCC2)C(CC)CN1C(C)=O.Cl. The summed E-state index contributed by atoms with van der Waals surface area (Å²) in [7, 11) is 0. The fraction of sp³-hybridized carbons (Fsp3) is 0.889. The number of carbonyl (C=O) groups is 2. The molecule has 0 aromatic rings. The standard InChI is InChI=1S/C18H33N3O2.ClH/c1-4-16-13-21(17(5-2)12-20(16)14(3)22)18(23)7-6-15-8-10-19-11-9-15;/h15-17,19H,4-13H2,1-3H3;1H. The van der Waals surface area contributed by atoms with Gasteiger partial charge in [-0.3, -0.25) is 9.59 Å². The maximum atomic E-state index is 12.8. The van der Waals surface area contributed by atoms with E-state index in [1.807, 2.05) is 4.90 Å². The number of carbonyl (C=O) groups excluding carboxylic acids is 2. The number of halogens is 1. The molecule has 2 rings (SSSR count). The Labute approximate surface area is 152 Å². The summed E-state index contributed by atoms with van der Waals surface area (Å²) < 4.78 is 0. The van der Waals surface area contributed by atoms with E-state index in [0.29, 0.717) is 25.4 Å². The third-order valence-corrected chi connectivity index (χ3v) is 5.59. The molecule has 6 heteroatoms. The van der Waals surface area contributed by atoms with Crippen LogP contribution >= 0.6 is 12.4 Å². The van der Waals surface area contributed by atoms with Gasteiger partial charge in [-0.2, -0.15) is 0 Å². The van der Waals surface area contributed by atoms with Gasteiger partial charge in [0.15, 0.2) is 0 Å². The van der Waals surface area contributed by atoms with Crippen molar-refractivity contribution in [1.29, 1.82) is 0 Å². The van der Waals surface area contributed by atoms with Gasteiger partial charge in [-0.1, -0.05) is 13.8 Å². The Morgan fingerprint density at radius 1 is 1.00 bits per heavy atom. The number of hydrogen-bond acceptors (Lipinski definition) is 3. The summed E-state index contributed by atoms with van der Waals surface area (Å²) in [5.41, 5.74) is 0. The maximum absolute atomic E-state index is 12.8. The first-order valence-electron chi connectivity index (χ1n) is 9.34. The van der Waals surface area contributed by atoms with Crippen molar-refractivity contribution in [2.75, 3.05) is 26.2 Å². The minimum absolute atomic E-state index is 0. The highest BCUT2D eigenvalue weighted by Crippen LogP contribution is 2.23. The fourth-order valence-corrected chi connectivity index (χ4v) is 3.98. The molecule has 0 aliphatic carbocycles. The molecule has 0 aromatic carbocycles. The van der Waals surface area contributed by atoms with Gasteiger partial charge in [0.2, 0.25) is 11.8 Å². The summed E-state index contributed by atoms with van der Waals surface area (Å²) in [6.07, 6.45) is 5.89. The molecule has 2 atom stereocenters. The average Bonchev–Trinajstić information content (AvgIpc) is 2.59. The zero-order chi connectivity index (χ0) is 16.8. The second kappa shape index (κ2) is 10.2. The molecule has 2 heterocycles. The molecule has 2 aliphatic rings. The van der Waals surface area contributed by atoms with Crippen molar-refractivity contribution in [2.24, 2.45) is 5.92 Å². The zero-order valence-corrected chi connectivity index (χ0v) is 16.2. The van der Waals surface area contributed by atoms with Gasteiger partial charge >= 0.3 is 0 Å². The largest absolute Gasteiger partial charge is 0.336 e. The Hall–Kier alpha value is -0.810. The molecule has 24 heavy (non-hydrogen) atoms. The normalized spacial score (nSPS) is 25.3. The molecule has 1 N–H and O–H groups in total. The summed E-state index contributed by atoms with van der Waals surface area (Å²) >= 11 is 0. The van der Waals surface area contributed by atoms with Gasteiger partial charge in [-0.15, -0.1) is 12.4 Å². The van der Waals surface area contributed by atoms with Crippen LogP contribution in [0.1, 0.15) is 59.3 Å². The van der Waals surface area contributed by atoms with Crippen molar-refractivity contribution < 1.29 is 9.59 Å². The molecule has 2 aliphatic heterocycles. The molecule has 0 radical (unpaired) electrons. The van der Waals surface area contributed by atoms with Gasteiger partial charge < -0.3 is 15.1 Å². The van der Waals surface area contributed by atoms with Crippen LogP contribution in [0.5, 0.6) is 0 Å². The lowest BCUT2D eigenvalue weighted by molar-refractivity contribution is -0.146. The lowest BCUT2D eigenvalue weighted by Gasteiger charge is -2.46. The van der Waals surface area contributed by atoms with Crippen LogP contribution in [0, 0.1) is 5.92 Å². The predicted octanol–water partition coefficient (Wildman–Crippen LogP) is 2.44. The average molecular weight is 360 g/mol. The third kappa shape index (κ3) is 5.35. The fourth-order valence-electron chi connectivity index (χ4n) is 3.98. The molecular formula is C18H34ClN3O2. The monoisotopic (exact) mass is 359 g/mol. The molecule has 0 aromatic heterocycles. The highest BCUT2D eigenvalue weighted by atomic mass is 35.5. The number of nitrogens with one attached hydrogen (secondary N) is 1. The molecule has 0 saturated carbocycles. The van der Waals surface area contributed by atoms with Crippen molar-refractivity contribution >= 4 is 24.2 Å². The number of rotatable bonds is 5. The van der Waals surface area contributed by atoms with Crippen LogP contribution in [0.25, 0.3) is 0 Å². The topological polar surface area (TPSA) is 52.7 Å². The minimum atomic E-state index is 0. The van der Waals surface area contributed by atoms with Gasteiger partial charge in [-0.05, 0) is 51.1 Å². The lowest BCUT2D eigenvalue weighted by Crippen LogP contribution is -2.60. The van der Waals surface area contributed by atoms with Crippen molar-refractivity contribution in [2.45, 2.75) is 71.4 Å². The van der Waals surface area contributed by atoms with Crippen molar-refractivity contribution in [3.05, 3.63) is 0 Å². The van der Waals surface area contributed by atoms with Gasteiger partial charge in [0, 0.05) is 38.5 Å². The number of amides is 2. The van der Waals surface area contributed by atoms with E-state index in [0.717, 1.165) is 32.4 Å². The van der Waals surface area contributed by atoms with Crippen LogP contribution in [0.3, 0.4) is 0 Å². The van der Waals surface area contributed by atoms with E-state index in [-0.39, 0.29) is 36.3 Å². The quantitative estimate of drug-likeness (QED) is 0.820. The van der Waals surface area contributed by atoms with Gasteiger partial charge in [-0.25, -0.2) is 0 Å². The Morgan fingerprint density at radius 3 is 2.08 bits per heavy atom. The molecule has 0 spiro atoms. The zero-order valence-electron chi connectivity index (χ0n) is 15.4. The van der Waals surface area contributed by atoms with Gasteiger partial charge in [0.25, 0.3) is 0 Å². The second-order valence-electron chi connectivity index (χ2n) is 7.07. The van der Waals surface area contributed by atoms with Gasteiger partial charge in [0.1, 0.15) is 0 Å². The highest BCUT2D eigenvalue weighted by molar-refractivity contribution is 5.85.